The Bertz CT molecular complexity index is 598. The van der Waals surface area contributed by atoms with Crippen molar-refractivity contribution >= 4 is 5.91 Å². The predicted molar refractivity (Wildman–Crippen MR) is 114 cm³/mol. The van der Waals surface area contributed by atoms with E-state index < -0.39 is 0 Å². The highest BCUT2D eigenvalue weighted by Gasteiger charge is 2.24. The third kappa shape index (κ3) is 6.21. The fraction of sp³-hybridized carbons (Fsp3) is 0.696. The summed E-state index contributed by atoms with van der Waals surface area (Å²) in [5, 5.41) is 0. The number of carbonyl (C=O) groups is 1. The van der Waals surface area contributed by atoms with Crippen LogP contribution in [0.1, 0.15) is 44.6 Å². The molecule has 2 saturated heterocycles. The van der Waals surface area contributed by atoms with E-state index in [1.807, 2.05) is 12.1 Å². The fourth-order valence-electron chi connectivity index (χ4n) is 4.36. The Morgan fingerprint density at radius 2 is 1.71 bits per heavy atom. The van der Waals surface area contributed by atoms with Crippen molar-refractivity contribution in [2.75, 3.05) is 52.9 Å². The maximum Gasteiger partial charge on any atom is 0.223 e. The molecule has 1 amide bonds. The Kier molecular flexibility index (Phi) is 8.16. The lowest BCUT2D eigenvalue weighted by Gasteiger charge is -2.30. The standard InChI is InChI=1S/C23H37N3O2/c1-20(6-7-21-8-10-22(28-2)11-9-21)25-15-12-23(27)26(19-18-25)17-16-24-13-4-3-5-14-24/h8-11,20H,3-7,12-19H2,1-2H3. The minimum absolute atomic E-state index is 0.335. The molecule has 0 saturated carbocycles. The van der Waals surface area contributed by atoms with Crippen molar-refractivity contribution in [1.82, 2.24) is 14.7 Å². The molecular weight excluding hydrogens is 350 g/mol. The highest BCUT2D eigenvalue weighted by molar-refractivity contribution is 5.76. The summed E-state index contributed by atoms with van der Waals surface area (Å²) in [6, 6.07) is 8.87. The van der Waals surface area contributed by atoms with Crippen LogP contribution in [0, 0.1) is 0 Å². The number of benzene rings is 1. The van der Waals surface area contributed by atoms with Crippen LogP contribution in [0.5, 0.6) is 5.75 Å². The van der Waals surface area contributed by atoms with Gasteiger partial charge >= 0.3 is 0 Å². The van der Waals surface area contributed by atoms with Crippen molar-refractivity contribution in [2.45, 2.75) is 51.5 Å². The highest BCUT2D eigenvalue weighted by atomic mass is 16.5. The Hall–Kier alpha value is -1.59. The summed E-state index contributed by atoms with van der Waals surface area (Å²) >= 11 is 0. The average molecular weight is 388 g/mol. The van der Waals surface area contributed by atoms with Crippen LogP contribution in [-0.4, -0.2) is 79.6 Å². The van der Waals surface area contributed by atoms with Crippen molar-refractivity contribution < 1.29 is 9.53 Å². The number of hydrogen-bond donors (Lipinski definition) is 0. The lowest BCUT2D eigenvalue weighted by Crippen LogP contribution is -2.41. The van der Waals surface area contributed by atoms with Gasteiger partial charge in [0.25, 0.3) is 0 Å². The van der Waals surface area contributed by atoms with Gasteiger partial charge in [-0.05, 0) is 63.4 Å². The molecule has 1 atom stereocenters. The molecule has 1 aromatic rings. The molecule has 5 heteroatoms. The second-order valence-electron chi connectivity index (χ2n) is 8.30. The smallest absolute Gasteiger partial charge is 0.223 e. The summed E-state index contributed by atoms with van der Waals surface area (Å²) in [6.07, 6.45) is 6.83. The van der Waals surface area contributed by atoms with Crippen LogP contribution < -0.4 is 4.74 Å². The number of carbonyl (C=O) groups excluding carboxylic acids is 1. The zero-order valence-corrected chi connectivity index (χ0v) is 17.7. The van der Waals surface area contributed by atoms with Crippen LogP contribution in [0.15, 0.2) is 24.3 Å². The predicted octanol–water partition coefficient (Wildman–Crippen LogP) is 3.04. The van der Waals surface area contributed by atoms with Crippen molar-refractivity contribution in [3.8, 4) is 5.75 Å². The molecule has 2 heterocycles. The van der Waals surface area contributed by atoms with E-state index in [4.69, 9.17) is 4.74 Å². The van der Waals surface area contributed by atoms with E-state index in [1.54, 1.807) is 7.11 Å². The van der Waals surface area contributed by atoms with Gasteiger partial charge in [-0.3, -0.25) is 9.69 Å². The van der Waals surface area contributed by atoms with E-state index in [-0.39, 0.29) is 0 Å². The monoisotopic (exact) mass is 387 g/mol. The van der Waals surface area contributed by atoms with Crippen molar-refractivity contribution in [3.05, 3.63) is 29.8 Å². The Balaban J connectivity index is 1.42. The zero-order valence-electron chi connectivity index (χ0n) is 17.7. The summed E-state index contributed by atoms with van der Waals surface area (Å²) in [7, 11) is 1.70. The van der Waals surface area contributed by atoms with Gasteiger partial charge in [-0.2, -0.15) is 0 Å². The Morgan fingerprint density at radius 3 is 2.43 bits per heavy atom. The van der Waals surface area contributed by atoms with Gasteiger partial charge in [0, 0.05) is 45.2 Å². The van der Waals surface area contributed by atoms with E-state index in [0.29, 0.717) is 18.4 Å². The van der Waals surface area contributed by atoms with Crippen molar-refractivity contribution in [2.24, 2.45) is 0 Å². The van der Waals surface area contributed by atoms with E-state index in [0.717, 1.165) is 51.3 Å². The third-order valence-electron chi connectivity index (χ3n) is 6.39. The van der Waals surface area contributed by atoms with Gasteiger partial charge in [0.2, 0.25) is 5.91 Å². The molecule has 2 aliphatic rings. The highest BCUT2D eigenvalue weighted by Crippen LogP contribution is 2.16. The molecule has 0 spiro atoms. The largest absolute Gasteiger partial charge is 0.497 e. The normalized spacial score (nSPS) is 20.8. The zero-order chi connectivity index (χ0) is 19.8. The first kappa shape index (κ1) is 21.1. The van der Waals surface area contributed by atoms with Gasteiger partial charge in [-0.1, -0.05) is 18.6 Å². The number of aryl methyl sites for hydroxylation is 1. The molecule has 0 aromatic heterocycles. The van der Waals surface area contributed by atoms with E-state index >= 15 is 0 Å². The van der Waals surface area contributed by atoms with E-state index in [1.165, 1.54) is 37.9 Å². The molecule has 5 nitrogen and oxygen atoms in total. The molecule has 0 radical (unpaired) electrons. The van der Waals surface area contributed by atoms with E-state index in [2.05, 4.69) is 33.8 Å². The number of nitrogens with zero attached hydrogens (tertiary/aromatic N) is 3. The maximum atomic E-state index is 12.6. The summed E-state index contributed by atoms with van der Waals surface area (Å²) in [4.78, 5) is 19.7. The van der Waals surface area contributed by atoms with E-state index in [9.17, 15) is 4.79 Å². The number of hydrogen-bond acceptors (Lipinski definition) is 4. The molecular formula is C23H37N3O2. The first-order chi connectivity index (χ1) is 13.7. The van der Waals surface area contributed by atoms with Gasteiger partial charge in [0.1, 0.15) is 5.75 Å². The molecule has 3 rings (SSSR count). The first-order valence-corrected chi connectivity index (χ1v) is 11.0. The molecule has 28 heavy (non-hydrogen) atoms. The minimum Gasteiger partial charge on any atom is -0.497 e. The Morgan fingerprint density at radius 1 is 0.964 bits per heavy atom. The maximum absolute atomic E-state index is 12.6. The van der Waals surface area contributed by atoms with Gasteiger partial charge in [0.15, 0.2) is 0 Å². The first-order valence-electron chi connectivity index (χ1n) is 11.0. The molecule has 156 valence electrons. The van der Waals surface area contributed by atoms with Gasteiger partial charge < -0.3 is 14.5 Å². The van der Waals surface area contributed by atoms with Crippen LogP contribution in [0.4, 0.5) is 0 Å². The van der Waals surface area contributed by atoms with Crippen molar-refractivity contribution in [3.63, 3.8) is 0 Å². The quantitative estimate of drug-likeness (QED) is 0.687. The van der Waals surface area contributed by atoms with Crippen LogP contribution in [0.3, 0.4) is 0 Å². The van der Waals surface area contributed by atoms with Gasteiger partial charge in [-0.15, -0.1) is 0 Å². The second kappa shape index (κ2) is 10.8. The van der Waals surface area contributed by atoms with Crippen LogP contribution in [0.2, 0.25) is 0 Å². The van der Waals surface area contributed by atoms with Crippen LogP contribution >= 0.6 is 0 Å². The number of methoxy groups -OCH3 is 1. The van der Waals surface area contributed by atoms with Crippen LogP contribution in [-0.2, 0) is 11.2 Å². The topological polar surface area (TPSA) is 36.0 Å². The van der Waals surface area contributed by atoms with Gasteiger partial charge in [-0.25, -0.2) is 0 Å². The third-order valence-corrected chi connectivity index (χ3v) is 6.39. The molecule has 1 unspecified atom stereocenters. The molecule has 1 aromatic carbocycles. The molecule has 0 bridgehead atoms. The number of rotatable bonds is 8. The van der Waals surface area contributed by atoms with Crippen LogP contribution in [0.25, 0.3) is 0 Å². The molecule has 0 aliphatic carbocycles. The lowest BCUT2D eigenvalue weighted by molar-refractivity contribution is -0.130. The lowest BCUT2D eigenvalue weighted by atomic mass is 10.0. The number of likely N-dealkylation sites (tertiary alicyclic amines) is 1. The molecule has 0 N–H and O–H groups in total. The number of amides is 1. The number of ether oxygens (including phenoxy) is 1. The number of piperidine rings is 1. The fourth-order valence-corrected chi connectivity index (χ4v) is 4.36. The molecule has 2 fully saturated rings. The molecule has 2 aliphatic heterocycles. The van der Waals surface area contributed by atoms with Crippen molar-refractivity contribution in [1.29, 1.82) is 0 Å². The van der Waals surface area contributed by atoms with Gasteiger partial charge in [0.05, 0.1) is 7.11 Å². The summed E-state index contributed by atoms with van der Waals surface area (Å²) < 4.78 is 5.23. The SMILES string of the molecule is COc1ccc(CCC(C)N2CCC(=O)N(CCN3CCCCC3)CC2)cc1. The minimum atomic E-state index is 0.335. The Labute approximate surface area is 170 Å². The second-order valence-corrected chi connectivity index (χ2v) is 8.30. The summed E-state index contributed by atoms with van der Waals surface area (Å²) in [5.74, 6) is 1.24. The average Bonchev–Trinajstić information content (AvgIpc) is 2.93. The summed E-state index contributed by atoms with van der Waals surface area (Å²) in [5.41, 5.74) is 1.35. The summed E-state index contributed by atoms with van der Waals surface area (Å²) in [6.45, 7) is 9.41.